The summed E-state index contributed by atoms with van der Waals surface area (Å²) in [6.45, 7) is 2.03. The highest BCUT2D eigenvalue weighted by atomic mass is 79.9. The molecule has 0 saturated carbocycles. The van der Waals surface area contributed by atoms with Crippen LogP contribution in [0.4, 0.5) is 8.78 Å². The van der Waals surface area contributed by atoms with Crippen molar-refractivity contribution in [2.75, 3.05) is 19.7 Å². The fraction of sp³-hybridized carbons (Fsp3) is 0.700. The zero-order valence-corrected chi connectivity index (χ0v) is 11.0. The third-order valence-electron chi connectivity index (χ3n) is 2.99. The van der Waals surface area contributed by atoms with Crippen molar-refractivity contribution >= 4 is 15.9 Å². The van der Waals surface area contributed by atoms with Gasteiger partial charge in [0.1, 0.15) is 6.61 Å². The van der Waals surface area contributed by atoms with Crippen molar-refractivity contribution in [2.45, 2.75) is 25.9 Å². The fourth-order valence-electron chi connectivity index (χ4n) is 1.85. The second-order valence-corrected chi connectivity index (χ2v) is 4.66. The van der Waals surface area contributed by atoms with Crippen molar-refractivity contribution in [3.63, 3.8) is 0 Å². The van der Waals surface area contributed by atoms with Gasteiger partial charge in [0, 0.05) is 12.6 Å². The largest absolute Gasteiger partial charge is 0.487 e. The minimum Gasteiger partial charge on any atom is -0.487 e. The fourth-order valence-corrected chi connectivity index (χ4v) is 2.31. The molecule has 0 aromatic carbocycles. The number of rotatable bonds is 5. The van der Waals surface area contributed by atoms with Gasteiger partial charge in [-0.25, -0.2) is 0 Å². The number of aromatic nitrogens is 2. The number of ether oxygens (including phenoxy) is 1. The molecule has 7 heteroatoms. The Balaban J connectivity index is 1.91. The van der Waals surface area contributed by atoms with E-state index in [-0.39, 0.29) is 4.60 Å². The summed E-state index contributed by atoms with van der Waals surface area (Å²) >= 11 is 3.06. The molecule has 1 atom stereocenters. The van der Waals surface area contributed by atoms with Gasteiger partial charge in [0.05, 0.1) is 6.20 Å². The molecule has 1 aromatic rings. The van der Waals surface area contributed by atoms with Crippen molar-refractivity contribution < 1.29 is 13.5 Å². The molecule has 4 nitrogen and oxygen atoms in total. The lowest BCUT2D eigenvalue weighted by Crippen LogP contribution is -2.50. The third-order valence-corrected chi connectivity index (χ3v) is 3.75. The second kappa shape index (κ2) is 5.30. The van der Waals surface area contributed by atoms with E-state index in [0.29, 0.717) is 23.1 Å². The normalized spacial score (nSPS) is 20.6. The number of likely N-dealkylation sites (tertiary alicyclic amines) is 1. The molecule has 2 rings (SSSR count). The van der Waals surface area contributed by atoms with Crippen LogP contribution in [0.15, 0.2) is 10.8 Å². The monoisotopic (exact) mass is 309 g/mol. The third kappa shape index (κ3) is 2.60. The van der Waals surface area contributed by atoms with Gasteiger partial charge in [-0.2, -0.15) is 18.6 Å². The van der Waals surface area contributed by atoms with Crippen molar-refractivity contribution in [2.24, 2.45) is 0 Å². The first-order chi connectivity index (χ1) is 8.13. The minimum atomic E-state index is -2.66. The predicted molar refractivity (Wildman–Crippen MR) is 62.3 cm³/mol. The average Bonchev–Trinajstić information content (AvgIpc) is 2.60. The highest BCUT2D eigenvalue weighted by Gasteiger charge is 2.27. The molecule has 17 heavy (non-hydrogen) atoms. The summed E-state index contributed by atoms with van der Waals surface area (Å²) in [5.41, 5.74) is 0. The molecule has 0 radical (unpaired) electrons. The molecule has 1 saturated heterocycles. The van der Waals surface area contributed by atoms with E-state index in [0.717, 1.165) is 19.5 Å². The summed E-state index contributed by atoms with van der Waals surface area (Å²) in [6.07, 6.45) is 2.40. The van der Waals surface area contributed by atoms with Gasteiger partial charge in [0.15, 0.2) is 10.4 Å². The molecule has 1 aliphatic heterocycles. The van der Waals surface area contributed by atoms with Gasteiger partial charge in [-0.05, 0) is 28.9 Å². The smallest absolute Gasteiger partial charge is 0.334 e. The molecule has 0 aliphatic carbocycles. The van der Waals surface area contributed by atoms with E-state index in [1.807, 2.05) is 0 Å². The molecule has 0 amide bonds. The van der Waals surface area contributed by atoms with E-state index in [9.17, 15) is 8.78 Å². The maximum atomic E-state index is 12.4. The molecule has 0 spiro atoms. The Morgan fingerprint density at radius 3 is 2.88 bits per heavy atom. The van der Waals surface area contributed by atoms with Crippen molar-refractivity contribution in [3.05, 3.63) is 10.8 Å². The Morgan fingerprint density at radius 1 is 1.65 bits per heavy atom. The van der Waals surface area contributed by atoms with Crippen LogP contribution in [0, 0.1) is 0 Å². The summed E-state index contributed by atoms with van der Waals surface area (Å²) in [5, 5.41) is 3.56. The van der Waals surface area contributed by atoms with E-state index in [1.54, 1.807) is 0 Å². The summed E-state index contributed by atoms with van der Waals surface area (Å²) in [7, 11) is 0. The molecular formula is C10H14BrF2N3O. The Kier molecular flexibility index (Phi) is 3.98. The highest BCUT2D eigenvalue weighted by molar-refractivity contribution is 9.10. The molecule has 0 unspecified atom stereocenters. The first-order valence-corrected chi connectivity index (χ1v) is 6.30. The maximum Gasteiger partial charge on any atom is 0.334 e. The first-order valence-electron chi connectivity index (χ1n) is 5.51. The summed E-state index contributed by atoms with van der Waals surface area (Å²) in [6, 6.07) is 0.391. The number of halogens is 3. The van der Waals surface area contributed by atoms with Crippen molar-refractivity contribution in [1.82, 2.24) is 14.7 Å². The quantitative estimate of drug-likeness (QED) is 0.837. The minimum absolute atomic E-state index is 0.190. The van der Waals surface area contributed by atoms with Crippen LogP contribution in [-0.2, 0) is 0 Å². The first kappa shape index (κ1) is 12.8. The lowest BCUT2D eigenvalue weighted by molar-refractivity contribution is 0.0498. The van der Waals surface area contributed by atoms with E-state index < -0.39 is 6.55 Å². The lowest BCUT2D eigenvalue weighted by Gasteiger charge is -2.39. The molecule has 0 N–H and O–H groups in total. The van der Waals surface area contributed by atoms with Crippen LogP contribution in [0.1, 0.15) is 19.9 Å². The van der Waals surface area contributed by atoms with Gasteiger partial charge >= 0.3 is 6.55 Å². The molecular weight excluding hydrogens is 296 g/mol. The summed E-state index contributed by atoms with van der Waals surface area (Å²) < 4.78 is 31.2. The predicted octanol–water partition coefficient (Wildman–Crippen LogP) is 2.51. The number of hydrogen-bond acceptors (Lipinski definition) is 3. The summed E-state index contributed by atoms with van der Waals surface area (Å²) in [5.74, 6) is 0.369. The molecule has 1 aliphatic rings. The van der Waals surface area contributed by atoms with E-state index in [2.05, 4.69) is 32.9 Å². The van der Waals surface area contributed by atoms with Gasteiger partial charge in [0.2, 0.25) is 0 Å². The highest BCUT2D eigenvalue weighted by Crippen LogP contribution is 2.29. The van der Waals surface area contributed by atoms with Gasteiger partial charge in [-0.1, -0.05) is 6.92 Å². The van der Waals surface area contributed by atoms with Crippen molar-refractivity contribution in [1.29, 1.82) is 0 Å². The lowest BCUT2D eigenvalue weighted by atomic mass is 10.1. The van der Waals surface area contributed by atoms with Gasteiger partial charge < -0.3 is 4.74 Å². The van der Waals surface area contributed by atoms with Crippen LogP contribution >= 0.6 is 15.9 Å². The van der Waals surface area contributed by atoms with Gasteiger partial charge in [-0.3, -0.25) is 4.90 Å². The number of alkyl halides is 2. The van der Waals surface area contributed by atoms with Crippen LogP contribution in [0.2, 0.25) is 0 Å². The molecule has 0 bridgehead atoms. The van der Waals surface area contributed by atoms with Crippen LogP contribution in [0.3, 0.4) is 0 Å². The molecule has 1 fully saturated rings. The van der Waals surface area contributed by atoms with E-state index in [1.165, 1.54) is 6.20 Å². The van der Waals surface area contributed by atoms with Crippen LogP contribution in [0.5, 0.6) is 5.75 Å². The number of hydrogen-bond donors (Lipinski definition) is 0. The Hall–Kier alpha value is -0.690. The van der Waals surface area contributed by atoms with Crippen LogP contribution in [0.25, 0.3) is 0 Å². The van der Waals surface area contributed by atoms with E-state index in [4.69, 9.17) is 4.74 Å². The Morgan fingerprint density at radius 2 is 2.41 bits per heavy atom. The standard InChI is InChI=1S/C10H14BrF2N3O/c1-2-15-4-3-7(15)6-17-8-5-14-16(9(8)11)10(12)13/h5,7,10H,2-4,6H2,1H3/t7-/m1/s1. The van der Waals surface area contributed by atoms with Gasteiger partial charge in [0.25, 0.3) is 0 Å². The number of nitrogens with zero attached hydrogens (tertiary/aromatic N) is 3. The van der Waals surface area contributed by atoms with E-state index >= 15 is 0 Å². The SMILES string of the molecule is CCN1CC[C@@H]1COc1cnn(C(F)F)c1Br. The van der Waals surface area contributed by atoms with Crippen LogP contribution < -0.4 is 4.74 Å². The van der Waals surface area contributed by atoms with Crippen molar-refractivity contribution in [3.8, 4) is 5.75 Å². The average molecular weight is 310 g/mol. The Labute approximate surface area is 107 Å². The zero-order chi connectivity index (χ0) is 12.4. The van der Waals surface area contributed by atoms with Gasteiger partial charge in [-0.15, -0.1) is 0 Å². The second-order valence-electron chi connectivity index (χ2n) is 3.90. The summed E-state index contributed by atoms with van der Waals surface area (Å²) in [4.78, 5) is 2.28. The zero-order valence-electron chi connectivity index (χ0n) is 9.44. The topological polar surface area (TPSA) is 30.3 Å². The maximum absolute atomic E-state index is 12.4. The molecule has 2 heterocycles. The van der Waals surface area contributed by atoms with Crippen LogP contribution in [-0.4, -0.2) is 40.4 Å². The molecule has 1 aromatic heterocycles. The molecule has 96 valence electrons. The number of likely N-dealkylation sites (N-methyl/N-ethyl adjacent to an activating group) is 1. The Bertz CT molecular complexity index is 384.